The summed E-state index contributed by atoms with van der Waals surface area (Å²) in [6.45, 7) is 5.67. The Bertz CT molecular complexity index is 1400. The molecule has 3 fully saturated rings. The number of fused-ring (bicyclic) bond motifs is 4. The number of benzene rings is 1. The lowest BCUT2D eigenvalue weighted by Gasteiger charge is -2.56. The van der Waals surface area contributed by atoms with E-state index in [1.165, 1.54) is 6.92 Å². The summed E-state index contributed by atoms with van der Waals surface area (Å²) in [5.74, 6) is -6.40. The summed E-state index contributed by atoms with van der Waals surface area (Å²) in [6.07, 6.45) is -2.67. The van der Waals surface area contributed by atoms with Crippen molar-refractivity contribution in [2.75, 3.05) is 39.8 Å². The minimum absolute atomic E-state index is 0.0150. The van der Waals surface area contributed by atoms with Crippen molar-refractivity contribution in [1.82, 2.24) is 15.1 Å². The highest BCUT2D eigenvalue weighted by Crippen LogP contribution is 2.70. The standard InChI is InChI=1S/C34H42F5N3O3/c1-31-18-27(22-5-3-21(4-6-22)19-41-13-15-42(16-14-41)20-29(44)40-2)30-25-10-8-24(43)17-23(25)7-9-26(30)28(31)11-12-32(31,45)33(35,36)34(37,38)39/h3-6,17,26-28,45H,7-16,18-20H2,1-2H3,(H,40,44)/t26?,27-,28?,31+,32-/m1/s1. The average molecular weight is 636 g/mol. The van der Waals surface area contributed by atoms with Crippen LogP contribution < -0.4 is 5.32 Å². The number of piperazine rings is 1. The Labute approximate surface area is 260 Å². The van der Waals surface area contributed by atoms with Crippen LogP contribution in [0, 0.1) is 17.3 Å². The molecular weight excluding hydrogens is 593 g/mol. The minimum atomic E-state index is -5.87. The molecule has 45 heavy (non-hydrogen) atoms. The number of rotatable bonds is 6. The maximum Gasteiger partial charge on any atom is 0.456 e. The maximum absolute atomic E-state index is 15.2. The zero-order valence-corrected chi connectivity index (χ0v) is 25.9. The zero-order valence-electron chi connectivity index (χ0n) is 25.9. The molecule has 5 atom stereocenters. The normalized spacial score (nSPS) is 32.9. The third kappa shape index (κ3) is 5.36. The number of hydrogen-bond donors (Lipinski definition) is 2. The molecular formula is C34H42F5N3O3. The van der Waals surface area contributed by atoms with Gasteiger partial charge in [0.15, 0.2) is 5.78 Å². The first-order valence-electron chi connectivity index (χ1n) is 16.1. The van der Waals surface area contributed by atoms with Crippen molar-refractivity contribution in [2.24, 2.45) is 17.3 Å². The SMILES string of the molecule is CNC(=O)CN1CCN(Cc2ccc([C@H]3C[C@@]4(C)C(CC[C@]4(O)C(F)(F)C(F)(F)F)C4CCC5=CC(=O)CCC5=C43)cc2)CC1. The third-order valence-electron chi connectivity index (χ3n) is 11.7. The van der Waals surface area contributed by atoms with Crippen molar-refractivity contribution in [3.05, 3.63) is 58.2 Å². The van der Waals surface area contributed by atoms with E-state index >= 15 is 8.78 Å². The monoisotopic (exact) mass is 635 g/mol. The molecule has 11 heteroatoms. The fourth-order valence-electron chi connectivity index (χ4n) is 9.22. The predicted octanol–water partition coefficient (Wildman–Crippen LogP) is 5.38. The van der Waals surface area contributed by atoms with Crippen LogP contribution in [-0.4, -0.2) is 84.1 Å². The van der Waals surface area contributed by atoms with Crippen molar-refractivity contribution in [1.29, 1.82) is 0 Å². The van der Waals surface area contributed by atoms with E-state index in [4.69, 9.17) is 0 Å². The quantitative estimate of drug-likeness (QED) is 0.411. The van der Waals surface area contributed by atoms with E-state index in [0.717, 1.165) is 54.0 Å². The van der Waals surface area contributed by atoms with Gasteiger partial charge in [0.2, 0.25) is 5.91 Å². The second-order valence-electron chi connectivity index (χ2n) is 13.9. The van der Waals surface area contributed by atoms with Crippen LogP contribution in [0.4, 0.5) is 22.0 Å². The van der Waals surface area contributed by atoms with E-state index in [9.17, 15) is 27.9 Å². The second kappa shape index (κ2) is 11.6. The number of nitrogens with zero attached hydrogens (tertiary/aromatic N) is 2. The molecule has 0 spiro atoms. The molecule has 2 unspecified atom stereocenters. The number of halogens is 5. The minimum Gasteiger partial charge on any atom is -0.383 e. The first kappa shape index (κ1) is 32.3. The van der Waals surface area contributed by atoms with Crippen LogP contribution in [0.2, 0.25) is 0 Å². The summed E-state index contributed by atoms with van der Waals surface area (Å²) in [5.41, 5.74) is 0.119. The van der Waals surface area contributed by atoms with Crippen molar-refractivity contribution >= 4 is 11.7 Å². The largest absolute Gasteiger partial charge is 0.456 e. The fraction of sp³-hybridized carbons (Fsp3) is 0.647. The highest BCUT2D eigenvalue weighted by Gasteiger charge is 2.79. The van der Waals surface area contributed by atoms with E-state index in [-0.39, 0.29) is 30.4 Å². The van der Waals surface area contributed by atoms with Crippen LogP contribution in [0.3, 0.4) is 0 Å². The smallest absolute Gasteiger partial charge is 0.383 e. The molecule has 0 radical (unpaired) electrons. The Morgan fingerprint density at radius 1 is 1.00 bits per heavy atom. The van der Waals surface area contributed by atoms with Gasteiger partial charge in [-0.3, -0.25) is 19.4 Å². The van der Waals surface area contributed by atoms with Gasteiger partial charge in [-0.25, -0.2) is 0 Å². The van der Waals surface area contributed by atoms with Crippen LogP contribution in [0.1, 0.15) is 68.9 Å². The van der Waals surface area contributed by atoms with Gasteiger partial charge in [-0.15, -0.1) is 0 Å². The van der Waals surface area contributed by atoms with Crippen molar-refractivity contribution < 1.29 is 36.6 Å². The molecule has 2 N–H and O–H groups in total. The van der Waals surface area contributed by atoms with Crippen LogP contribution in [0.15, 0.2) is 47.1 Å². The van der Waals surface area contributed by atoms with E-state index in [2.05, 4.69) is 15.1 Å². The highest BCUT2D eigenvalue weighted by atomic mass is 19.4. The molecule has 4 aliphatic carbocycles. The van der Waals surface area contributed by atoms with Gasteiger partial charge in [0.25, 0.3) is 0 Å². The number of ketones is 1. The van der Waals surface area contributed by atoms with E-state index in [1.807, 2.05) is 24.3 Å². The number of carbonyl (C=O) groups is 2. The van der Waals surface area contributed by atoms with Gasteiger partial charge in [-0.05, 0) is 78.7 Å². The Hall–Kier alpha value is -2.63. The van der Waals surface area contributed by atoms with Crippen LogP contribution in [0.25, 0.3) is 0 Å². The number of nitrogens with one attached hydrogen (secondary N) is 1. The van der Waals surface area contributed by atoms with Crippen LogP contribution in [-0.2, 0) is 16.1 Å². The molecule has 1 heterocycles. The molecule has 1 saturated heterocycles. The Morgan fingerprint density at radius 3 is 2.31 bits per heavy atom. The lowest BCUT2D eigenvalue weighted by Crippen LogP contribution is -2.65. The number of carbonyl (C=O) groups excluding carboxylic acids is 2. The molecule has 246 valence electrons. The lowest BCUT2D eigenvalue weighted by atomic mass is 9.50. The van der Waals surface area contributed by atoms with Gasteiger partial charge in [0.1, 0.15) is 5.60 Å². The second-order valence-corrected chi connectivity index (χ2v) is 13.9. The molecule has 1 aliphatic heterocycles. The molecule has 6 rings (SSSR count). The predicted molar refractivity (Wildman–Crippen MR) is 158 cm³/mol. The fourth-order valence-corrected chi connectivity index (χ4v) is 9.22. The topological polar surface area (TPSA) is 72.9 Å². The number of likely N-dealkylation sites (N-methyl/N-ethyl adjacent to an activating group) is 1. The molecule has 1 aromatic rings. The summed E-state index contributed by atoms with van der Waals surface area (Å²) in [5, 5.41) is 14.1. The van der Waals surface area contributed by atoms with E-state index in [1.54, 1.807) is 13.1 Å². The van der Waals surface area contributed by atoms with Gasteiger partial charge in [0, 0.05) is 57.5 Å². The Morgan fingerprint density at radius 2 is 1.67 bits per heavy atom. The van der Waals surface area contributed by atoms with Crippen molar-refractivity contribution in [3.8, 4) is 0 Å². The number of aliphatic hydroxyl groups is 1. The van der Waals surface area contributed by atoms with Gasteiger partial charge in [0.05, 0.1) is 6.54 Å². The molecule has 2 saturated carbocycles. The molecule has 1 aromatic carbocycles. The molecule has 5 aliphatic rings. The number of allylic oxidation sites excluding steroid dienone is 4. The zero-order chi connectivity index (χ0) is 32.4. The summed E-state index contributed by atoms with van der Waals surface area (Å²) < 4.78 is 71.9. The Kier molecular flexibility index (Phi) is 8.30. The summed E-state index contributed by atoms with van der Waals surface area (Å²) >= 11 is 0. The third-order valence-corrected chi connectivity index (χ3v) is 11.7. The number of hydrogen-bond acceptors (Lipinski definition) is 5. The first-order valence-corrected chi connectivity index (χ1v) is 16.1. The van der Waals surface area contributed by atoms with Crippen molar-refractivity contribution in [2.45, 2.75) is 82.0 Å². The first-order chi connectivity index (χ1) is 21.2. The highest BCUT2D eigenvalue weighted by molar-refractivity contribution is 5.93. The molecule has 0 aromatic heterocycles. The molecule has 0 bridgehead atoms. The van der Waals surface area contributed by atoms with Gasteiger partial charge in [-0.2, -0.15) is 22.0 Å². The number of amides is 1. The number of alkyl halides is 5. The van der Waals surface area contributed by atoms with E-state index in [0.29, 0.717) is 38.8 Å². The van der Waals surface area contributed by atoms with Gasteiger partial charge in [-0.1, -0.05) is 36.8 Å². The van der Waals surface area contributed by atoms with Crippen LogP contribution in [0.5, 0.6) is 0 Å². The summed E-state index contributed by atoms with van der Waals surface area (Å²) in [7, 11) is 1.62. The molecule has 6 nitrogen and oxygen atoms in total. The lowest BCUT2D eigenvalue weighted by molar-refractivity contribution is -0.362. The van der Waals surface area contributed by atoms with Crippen LogP contribution >= 0.6 is 0 Å². The summed E-state index contributed by atoms with van der Waals surface area (Å²) in [4.78, 5) is 28.4. The van der Waals surface area contributed by atoms with Crippen molar-refractivity contribution in [3.63, 3.8) is 0 Å². The Balaban J connectivity index is 1.31. The van der Waals surface area contributed by atoms with Gasteiger partial charge < -0.3 is 10.4 Å². The maximum atomic E-state index is 15.2. The average Bonchev–Trinajstić information content (AvgIpc) is 3.28. The van der Waals surface area contributed by atoms with E-state index < -0.39 is 41.4 Å². The van der Waals surface area contributed by atoms with Gasteiger partial charge >= 0.3 is 12.1 Å². The summed E-state index contributed by atoms with van der Waals surface area (Å²) in [6, 6.07) is 7.90. The molecule has 1 amide bonds.